The second-order valence-electron chi connectivity index (χ2n) is 4.06. The molecule has 108 valence electrons. The SMILES string of the molecule is NC(=O)c1ccc(N)c(Oc2ccc(C(N)=O)c(F)c2)n1. The van der Waals surface area contributed by atoms with Gasteiger partial charge in [0.25, 0.3) is 11.8 Å². The van der Waals surface area contributed by atoms with Crippen LogP contribution < -0.4 is 21.9 Å². The first-order valence-corrected chi connectivity index (χ1v) is 5.72. The zero-order valence-corrected chi connectivity index (χ0v) is 10.7. The summed E-state index contributed by atoms with van der Waals surface area (Å²) >= 11 is 0. The van der Waals surface area contributed by atoms with Gasteiger partial charge in [-0.25, -0.2) is 9.37 Å². The van der Waals surface area contributed by atoms with Crippen molar-refractivity contribution in [2.24, 2.45) is 11.5 Å². The molecule has 0 aliphatic carbocycles. The molecule has 0 saturated heterocycles. The Morgan fingerprint density at radius 2 is 1.81 bits per heavy atom. The number of nitrogen functional groups attached to an aromatic ring is 1. The zero-order chi connectivity index (χ0) is 15.6. The number of carbonyl (C=O) groups excluding carboxylic acids is 2. The van der Waals surface area contributed by atoms with Crippen LogP contribution in [0, 0.1) is 5.82 Å². The van der Waals surface area contributed by atoms with Gasteiger partial charge in [0.1, 0.15) is 17.3 Å². The van der Waals surface area contributed by atoms with Gasteiger partial charge in [-0.05, 0) is 24.3 Å². The maximum absolute atomic E-state index is 13.6. The lowest BCUT2D eigenvalue weighted by Gasteiger charge is -2.09. The van der Waals surface area contributed by atoms with Crippen LogP contribution in [0.3, 0.4) is 0 Å². The van der Waals surface area contributed by atoms with Crippen molar-refractivity contribution >= 4 is 17.5 Å². The largest absolute Gasteiger partial charge is 0.437 e. The molecule has 0 radical (unpaired) electrons. The standard InChI is InChI=1S/C13H11FN4O3/c14-8-5-6(1-2-7(8)11(16)19)21-13-9(15)3-4-10(18-13)12(17)20/h1-5H,15H2,(H2,16,19)(H2,17,20). The predicted molar refractivity (Wildman–Crippen MR) is 72.2 cm³/mol. The summed E-state index contributed by atoms with van der Waals surface area (Å²) in [4.78, 5) is 25.8. The topological polar surface area (TPSA) is 134 Å². The van der Waals surface area contributed by atoms with Gasteiger partial charge in [-0.2, -0.15) is 0 Å². The number of amides is 2. The van der Waals surface area contributed by atoms with Crippen LogP contribution in [0.25, 0.3) is 0 Å². The van der Waals surface area contributed by atoms with Gasteiger partial charge in [-0.3, -0.25) is 9.59 Å². The summed E-state index contributed by atoms with van der Waals surface area (Å²) in [5, 5.41) is 0. The Balaban J connectivity index is 2.34. The second kappa shape index (κ2) is 5.45. The highest BCUT2D eigenvalue weighted by molar-refractivity contribution is 5.93. The number of hydrogen-bond donors (Lipinski definition) is 3. The van der Waals surface area contributed by atoms with Gasteiger partial charge in [-0.15, -0.1) is 0 Å². The van der Waals surface area contributed by atoms with Crippen molar-refractivity contribution in [1.82, 2.24) is 4.98 Å². The van der Waals surface area contributed by atoms with Crippen LogP contribution in [0.4, 0.5) is 10.1 Å². The molecule has 0 unspecified atom stereocenters. The van der Waals surface area contributed by atoms with E-state index in [0.717, 1.165) is 6.07 Å². The molecule has 1 aromatic heterocycles. The lowest BCUT2D eigenvalue weighted by molar-refractivity contribution is 0.0987. The number of anilines is 1. The Morgan fingerprint density at radius 1 is 1.10 bits per heavy atom. The predicted octanol–water partition coefficient (Wildman–Crippen LogP) is 0.793. The molecule has 0 atom stereocenters. The van der Waals surface area contributed by atoms with Crippen LogP contribution in [0.15, 0.2) is 30.3 Å². The van der Waals surface area contributed by atoms with Crippen molar-refractivity contribution in [3.63, 3.8) is 0 Å². The summed E-state index contributed by atoms with van der Waals surface area (Å²) in [5.41, 5.74) is 15.6. The minimum Gasteiger partial charge on any atom is -0.437 e. The summed E-state index contributed by atoms with van der Waals surface area (Å²) < 4.78 is 18.9. The van der Waals surface area contributed by atoms with Crippen molar-refractivity contribution in [1.29, 1.82) is 0 Å². The van der Waals surface area contributed by atoms with Crippen LogP contribution >= 0.6 is 0 Å². The molecule has 0 aliphatic rings. The number of benzene rings is 1. The van der Waals surface area contributed by atoms with Crippen molar-refractivity contribution in [2.75, 3.05) is 5.73 Å². The summed E-state index contributed by atoms with van der Waals surface area (Å²) in [5.74, 6) is -2.55. The van der Waals surface area contributed by atoms with E-state index >= 15 is 0 Å². The number of rotatable bonds is 4. The van der Waals surface area contributed by atoms with Crippen molar-refractivity contribution in [3.05, 3.63) is 47.4 Å². The van der Waals surface area contributed by atoms with Gasteiger partial charge in [0, 0.05) is 6.07 Å². The fourth-order valence-corrected chi connectivity index (χ4v) is 1.54. The third-order valence-electron chi connectivity index (χ3n) is 2.56. The molecule has 0 bridgehead atoms. The summed E-state index contributed by atoms with van der Waals surface area (Å²) in [6.07, 6.45) is 0. The van der Waals surface area contributed by atoms with Crippen molar-refractivity contribution in [2.45, 2.75) is 0 Å². The van der Waals surface area contributed by atoms with Gasteiger partial charge in [0.2, 0.25) is 5.88 Å². The monoisotopic (exact) mass is 290 g/mol. The van der Waals surface area contributed by atoms with Crippen molar-refractivity contribution in [3.8, 4) is 11.6 Å². The van der Waals surface area contributed by atoms with E-state index in [0.29, 0.717) is 0 Å². The number of halogens is 1. The molecule has 6 N–H and O–H groups in total. The smallest absolute Gasteiger partial charge is 0.267 e. The number of nitrogens with zero attached hydrogens (tertiary/aromatic N) is 1. The quantitative estimate of drug-likeness (QED) is 0.765. The number of hydrogen-bond acceptors (Lipinski definition) is 5. The summed E-state index contributed by atoms with van der Waals surface area (Å²) in [6.45, 7) is 0. The molecule has 7 nitrogen and oxygen atoms in total. The third kappa shape index (κ3) is 3.06. The number of aromatic nitrogens is 1. The first-order valence-electron chi connectivity index (χ1n) is 5.72. The maximum atomic E-state index is 13.6. The Hall–Kier alpha value is -3.16. The number of nitrogens with two attached hydrogens (primary N) is 3. The van der Waals surface area contributed by atoms with Crippen LogP contribution in [-0.4, -0.2) is 16.8 Å². The molecule has 2 aromatic rings. The molecular formula is C13H11FN4O3. The van der Waals surface area contributed by atoms with E-state index in [2.05, 4.69) is 4.98 Å². The van der Waals surface area contributed by atoms with Gasteiger partial charge in [-0.1, -0.05) is 0 Å². The van der Waals surface area contributed by atoms with Crippen molar-refractivity contribution < 1.29 is 18.7 Å². The lowest BCUT2D eigenvalue weighted by Crippen LogP contribution is -2.14. The van der Waals surface area contributed by atoms with E-state index in [1.54, 1.807) is 0 Å². The number of primary amides is 2. The lowest BCUT2D eigenvalue weighted by atomic mass is 10.2. The Bertz CT molecular complexity index is 733. The highest BCUT2D eigenvalue weighted by Crippen LogP contribution is 2.26. The van der Waals surface area contributed by atoms with Crippen LogP contribution in [0.2, 0.25) is 0 Å². The molecule has 0 aliphatic heterocycles. The van der Waals surface area contributed by atoms with E-state index in [-0.39, 0.29) is 28.6 Å². The molecule has 1 aromatic carbocycles. The fourth-order valence-electron chi connectivity index (χ4n) is 1.54. The summed E-state index contributed by atoms with van der Waals surface area (Å²) in [6, 6.07) is 6.17. The highest BCUT2D eigenvalue weighted by Gasteiger charge is 2.12. The van der Waals surface area contributed by atoms with E-state index in [1.165, 1.54) is 24.3 Å². The van der Waals surface area contributed by atoms with Gasteiger partial charge < -0.3 is 21.9 Å². The fraction of sp³-hybridized carbons (Fsp3) is 0. The van der Waals surface area contributed by atoms with E-state index in [1.807, 2.05) is 0 Å². The highest BCUT2D eigenvalue weighted by atomic mass is 19.1. The molecule has 0 spiro atoms. The normalized spacial score (nSPS) is 10.1. The molecule has 0 fully saturated rings. The molecule has 21 heavy (non-hydrogen) atoms. The van der Waals surface area contributed by atoms with E-state index in [9.17, 15) is 14.0 Å². The average Bonchev–Trinajstić information content (AvgIpc) is 2.40. The maximum Gasteiger partial charge on any atom is 0.267 e. The van der Waals surface area contributed by atoms with Gasteiger partial charge >= 0.3 is 0 Å². The van der Waals surface area contributed by atoms with Crippen LogP contribution in [0.5, 0.6) is 11.6 Å². The molecule has 8 heteroatoms. The zero-order valence-electron chi connectivity index (χ0n) is 10.7. The molecule has 2 rings (SSSR count). The second-order valence-corrected chi connectivity index (χ2v) is 4.06. The minimum absolute atomic E-state index is 0.0401. The van der Waals surface area contributed by atoms with Gasteiger partial charge in [0.15, 0.2) is 0 Å². The number of ether oxygens (including phenoxy) is 1. The molecular weight excluding hydrogens is 279 g/mol. The molecule has 1 heterocycles. The van der Waals surface area contributed by atoms with E-state index < -0.39 is 17.6 Å². The summed E-state index contributed by atoms with van der Waals surface area (Å²) in [7, 11) is 0. The first kappa shape index (κ1) is 14.3. The van der Waals surface area contributed by atoms with Crippen LogP contribution in [0.1, 0.15) is 20.8 Å². The molecule has 2 amide bonds. The average molecular weight is 290 g/mol. The first-order chi connectivity index (χ1) is 9.88. The van der Waals surface area contributed by atoms with E-state index in [4.69, 9.17) is 21.9 Å². The van der Waals surface area contributed by atoms with Crippen LogP contribution in [-0.2, 0) is 0 Å². The third-order valence-corrected chi connectivity index (χ3v) is 2.56. The minimum atomic E-state index is -0.896. The number of carbonyl (C=O) groups is 2. The Labute approximate surface area is 118 Å². The molecule has 0 saturated carbocycles. The van der Waals surface area contributed by atoms with Gasteiger partial charge in [0.05, 0.1) is 11.3 Å². The Morgan fingerprint density at radius 3 is 2.38 bits per heavy atom. The number of pyridine rings is 1. The Kier molecular flexibility index (Phi) is 3.70.